The summed E-state index contributed by atoms with van der Waals surface area (Å²) in [5.74, 6) is 1.89. The van der Waals surface area contributed by atoms with Crippen molar-refractivity contribution in [3.8, 4) is 11.5 Å². The number of hydrogen-bond donors (Lipinski definition) is 0. The van der Waals surface area contributed by atoms with Gasteiger partial charge in [-0.1, -0.05) is 18.2 Å². The number of rotatable bonds is 6. The predicted octanol–water partition coefficient (Wildman–Crippen LogP) is 4.45. The van der Waals surface area contributed by atoms with Crippen molar-refractivity contribution in [3.05, 3.63) is 71.7 Å². The number of benzene rings is 2. The first-order valence-corrected chi connectivity index (χ1v) is 9.60. The van der Waals surface area contributed by atoms with Crippen LogP contribution in [-0.4, -0.2) is 30.5 Å². The molecule has 1 aliphatic heterocycles. The molecule has 1 atom stereocenters. The molecule has 1 aromatic heterocycles. The van der Waals surface area contributed by atoms with Gasteiger partial charge in [-0.25, -0.2) is 4.39 Å². The van der Waals surface area contributed by atoms with Crippen LogP contribution in [-0.2, 0) is 10.2 Å². The van der Waals surface area contributed by atoms with Crippen LogP contribution in [0.5, 0.6) is 11.5 Å². The van der Waals surface area contributed by atoms with Gasteiger partial charge in [0.15, 0.2) is 6.10 Å². The Morgan fingerprint density at radius 2 is 1.76 bits per heavy atom. The first kappa shape index (κ1) is 19.4. The van der Waals surface area contributed by atoms with Crippen molar-refractivity contribution in [2.45, 2.75) is 31.3 Å². The summed E-state index contributed by atoms with van der Waals surface area (Å²) in [6.07, 6.45) is 0.945. The molecule has 2 aromatic carbocycles. The molecule has 4 rings (SSSR count). The quantitative estimate of drug-likeness (QED) is 0.611. The number of nitrogens with zero attached hydrogens (tertiary/aromatic N) is 2. The van der Waals surface area contributed by atoms with Gasteiger partial charge in [-0.15, -0.1) is 10.2 Å². The van der Waals surface area contributed by atoms with Gasteiger partial charge < -0.3 is 18.6 Å². The van der Waals surface area contributed by atoms with Gasteiger partial charge in [0.05, 0.1) is 12.5 Å². The van der Waals surface area contributed by atoms with Crippen molar-refractivity contribution in [3.63, 3.8) is 0 Å². The van der Waals surface area contributed by atoms with Gasteiger partial charge in [0.25, 0.3) is 5.89 Å². The van der Waals surface area contributed by atoms with Gasteiger partial charge in [-0.2, -0.15) is 0 Å². The molecule has 29 heavy (non-hydrogen) atoms. The maximum absolute atomic E-state index is 13.1. The van der Waals surface area contributed by atoms with Crippen molar-refractivity contribution in [2.24, 2.45) is 0 Å². The monoisotopic (exact) mass is 398 g/mol. The molecular formula is C22H23FN2O4. The highest BCUT2D eigenvalue weighted by Crippen LogP contribution is 2.44. The largest absolute Gasteiger partial charge is 0.496 e. The van der Waals surface area contributed by atoms with Gasteiger partial charge in [-0.3, -0.25) is 0 Å². The van der Waals surface area contributed by atoms with E-state index in [1.54, 1.807) is 19.2 Å². The maximum atomic E-state index is 13.1. The molecule has 1 unspecified atom stereocenters. The molecule has 0 saturated carbocycles. The molecule has 2 heterocycles. The lowest BCUT2D eigenvalue weighted by Crippen LogP contribution is -2.35. The van der Waals surface area contributed by atoms with Gasteiger partial charge in [-0.05, 0) is 50.1 Å². The Hall–Kier alpha value is -2.93. The highest BCUT2D eigenvalue weighted by Gasteiger charge is 2.43. The highest BCUT2D eigenvalue weighted by atomic mass is 19.1. The summed E-state index contributed by atoms with van der Waals surface area (Å²) in [5, 5.41) is 8.61. The number of methoxy groups -OCH3 is 1. The number of hydrogen-bond acceptors (Lipinski definition) is 6. The molecule has 0 N–H and O–H groups in total. The predicted molar refractivity (Wildman–Crippen MR) is 104 cm³/mol. The van der Waals surface area contributed by atoms with Crippen LogP contribution in [0.25, 0.3) is 0 Å². The Morgan fingerprint density at radius 3 is 2.48 bits per heavy atom. The Balaban J connectivity index is 1.65. The minimum atomic E-state index is -0.480. The summed E-state index contributed by atoms with van der Waals surface area (Å²) in [5.41, 5.74) is 0.527. The van der Waals surface area contributed by atoms with Crippen LogP contribution in [0, 0.1) is 5.82 Å². The minimum Gasteiger partial charge on any atom is -0.496 e. The lowest BCUT2D eigenvalue weighted by Gasteiger charge is -2.35. The SMILES string of the molecule is COc1ccccc1C1(c2nnc(C(C)Oc3ccc(F)cc3)o2)CCOCC1. The van der Waals surface area contributed by atoms with E-state index in [1.165, 1.54) is 12.1 Å². The van der Waals surface area contributed by atoms with E-state index in [-0.39, 0.29) is 5.82 Å². The Morgan fingerprint density at radius 1 is 1.03 bits per heavy atom. The average molecular weight is 398 g/mol. The normalized spacial score (nSPS) is 16.9. The molecule has 152 valence electrons. The summed E-state index contributed by atoms with van der Waals surface area (Å²) in [6, 6.07) is 13.7. The van der Waals surface area contributed by atoms with Crippen molar-refractivity contribution >= 4 is 0 Å². The fourth-order valence-corrected chi connectivity index (χ4v) is 3.72. The van der Waals surface area contributed by atoms with Crippen LogP contribution in [0.1, 0.15) is 43.2 Å². The van der Waals surface area contributed by atoms with Crippen molar-refractivity contribution in [2.75, 3.05) is 20.3 Å². The number of halogens is 1. The summed E-state index contributed by atoms with van der Waals surface area (Å²) < 4.78 is 36.2. The van der Waals surface area contributed by atoms with E-state index < -0.39 is 11.5 Å². The lowest BCUT2D eigenvalue weighted by atomic mass is 9.73. The fourth-order valence-electron chi connectivity index (χ4n) is 3.72. The molecule has 0 amide bonds. The van der Waals surface area contributed by atoms with E-state index in [2.05, 4.69) is 10.2 Å². The number of para-hydroxylation sites is 1. The molecule has 3 aromatic rings. The molecular weight excluding hydrogens is 375 g/mol. The van der Waals surface area contributed by atoms with Gasteiger partial charge in [0, 0.05) is 18.8 Å². The third kappa shape index (κ3) is 3.82. The summed E-state index contributed by atoms with van der Waals surface area (Å²) in [6.45, 7) is 3.01. The van der Waals surface area contributed by atoms with Crippen LogP contribution < -0.4 is 9.47 Å². The van der Waals surface area contributed by atoms with Crippen LogP contribution in [0.2, 0.25) is 0 Å². The standard InChI is InChI=1S/C22H23FN2O4/c1-15(28-17-9-7-16(23)8-10-17)20-24-25-21(29-20)22(11-13-27-14-12-22)18-5-3-4-6-19(18)26-2/h3-10,15H,11-14H2,1-2H3. The molecule has 0 aliphatic carbocycles. The van der Waals surface area contributed by atoms with Crippen molar-refractivity contribution < 1.29 is 23.0 Å². The van der Waals surface area contributed by atoms with E-state index >= 15 is 0 Å². The van der Waals surface area contributed by atoms with E-state index in [9.17, 15) is 4.39 Å². The Bertz CT molecular complexity index is 951. The van der Waals surface area contributed by atoms with E-state index in [1.807, 2.05) is 31.2 Å². The zero-order chi connectivity index (χ0) is 20.3. The zero-order valence-electron chi connectivity index (χ0n) is 16.4. The second-order valence-electron chi connectivity index (χ2n) is 7.05. The average Bonchev–Trinajstić information content (AvgIpc) is 3.27. The highest BCUT2D eigenvalue weighted by molar-refractivity contribution is 5.43. The minimum absolute atomic E-state index is 0.316. The first-order valence-electron chi connectivity index (χ1n) is 9.60. The molecule has 0 radical (unpaired) electrons. The molecule has 7 heteroatoms. The second-order valence-corrected chi connectivity index (χ2v) is 7.05. The van der Waals surface area contributed by atoms with Gasteiger partial charge >= 0.3 is 0 Å². The number of aromatic nitrogens is 2. The van der Waals surface area contributed by atoms with Gasteiger partial charge in [0.2, 0.25) is 5.89 Å². The summed E-state index contributed by atoms with van der Waals surface area (Å²) in [4.78, 5) is 0. The molecule has 0 spiro atoms. The van der Waals surface area contributed by atoms with Crippen molar-refractivity contribution in [1.29, 1.82) is 0 Å². The van der Waals surface area contributed by atoms with E-state index in [4.69, 9.17) is 18.6 Å². The smallest absolute Gasteiger partial charge is 0.256 e. The van der Waals surface area contributed by atoms with Crippen molar-refractivity contribution in [1.82, 2.24) is 10.2 Å². The molecule has 6 nitrogen and oxygen atoms in total. The van der Waals surface area contributed by atoms with E-state index in [0.29, 0.717) is 43.6 Å². The summed E-state index contributed by atoms with van der Waals surface area (Å²) in [7, 11) is 1.66. The fraction of sp³-hybridized carbons (Fsp3) is 0.364. The molecule has 1 saturated heterocycles. The maximum Gasteiger partial charge on any atom is 0.256 e. The third-order valence-electron chi connectivity index (χ3n) is 5.29. The first-order chi connectivity index (χ1) is 14.1. The van der Waals surface area contributed by atoms with Crippen LogP contribution in [0.3, 0.4) is 0 Å². The second kappa shape index (κ2) is 8.21. The van der Waals surface area contributed by atoms with Gasteiger partial charge in [0.1, 0.15) is 17.3 Å². The molecule has 0 bridgehead atoms. The lowest BCUT2D eigenvalue weighted by molar-refractivity contribution is 0.0522. The van der Waals surface area contributed by atoms with E-state index in [0.717, 1.165) is 11.3 Å². The summed E-state index contributed by atoms with van der Waals surface area (Å²) >= 11 is 0. The zero-order valence-corrected chi connectivity index (χ0v) is 16.4. The van der Waals surface area contributed by atoms with Crippen LogP contribution in [0.4, 0.5) is 4.39 Å². The third-order valence-corrected chi connectivity index (χ3v) is 5.29. The Kier molecular flexibility index (Phi) is 5.49. The number of ether oxygens (including phenoxy) is 3. The molecule has 1 fully saturated rings. The van der Waals surface area contributed by atoms with Crippen LogP contribution >= 0.6 is 0 Å². The van der Waals surface area contributed by atoms with Crippen LogP contribution in [0.15, 0.2) is 52.9 Å². The Labute approximate surface area is 168 Å². The topological polar surface area (TPSA) is 66.6 Å². The molecule has 1 aliphatic rings.